The van der Waals surface area contributed by atoms with E-state index in [2.05, 4.69) is 15.1 Å². The number of amides is 1. The number of nitrogens with two attached hydrogens (primary N) is 1. The van der Waals surface area contributed by atoms with Crippen LogP contribution in [0.3, 0.4) is 0 Å². The van der Waals surface area contributed by atoms with Crippen molar-refractivity contribution in [2.75, 3.05) is 23.3 Å². The summed E-state index contributed by atoms with van der Waals surface area (Å²) in [5.41, 5.74) is 3.13. The molecular formula is C24H19F5N6O4S. The van der Waals surface area contributed by atoms with Gasteiger partial charge >= 0.3 is 6.09 Å². The van der Waals surface area contributed by atoms with E-state index in [-0.39, 0.29) is 40.7 Å². The monoisotopic (exact) mass is 582 g/mol. The molecule has 0 aliphatic heterocycles. The van der Waals surface area contributed by atoms with E-state index in [4.69, 9.17) is 10.5 Å². The molecule has 0 atom stereocenters. The largest absolute Gasteiger partial charge is 0.449 e. The Morgan fingerprint density at radius 3 is 2.50 bits per heavy atom. The van der Waals surface area contributed by atoms with Gasteiger partial charge in [0, 0.05) is 18.0 Å². The van der Waals surface area contributed by atoms with E-state index >= 15 is 8.78 Å². The van der Waals surface area contributed by atoms with Crippen molar-refractivity contribution in [3.8, 4) is 22.5 Å². The lowest BCUT2D eigenvalue weighted by Gasteiger charge is -2.23. The molecule has 4 rings (SSSR count). The van der Waals surface area contributed by atoms with Crippen molar-refractivity contribution in [3.63, 3.8) is 0 Å². The van der Waals surface area contributed by atoms with Crippen LogP contribution in [-0.4, -0.2) is 47.5 Å². The van der Waals surface area contributed by atoms with Gasteiger partial charge < -0.3 is 10.5 Å². The molecule has 0 aliphatic rings. The fourth-order valence-corrected chi connectivity index (χ4v) is 5.14. The molecule has 0 bridgehead atoms. The van der Waals surface area contributed by atoms with Gasteiger partial charge in [0.05, 0.1) is 24.4 Å². The van der Waals surface area contributed by atoms with Crippen LogP contribution in [0.4, 0.5) is 38.4 Å². The van der Waals surface area contributed by atoms with E-state index in [1.54, 1.807) is 0 Å². The number of alkyl halides is 1. The van der Waals surface area contributed by atoms with Crippen LogP contribution < -0.4 is 10.0 Å². The molecule has 4 aromatic rings. The van der Waals surface area contributed by atoms with Crippen molar-refractivity contribution >= 4 is 27.8 Å². The molecule has 2 N–H and O–H groups in total. The highest BCUT2D eigenvalue weighted by atomic mass is 32.2. The van der Waals surface area contributed by atoms with Crippen LogP contribution in [0.2, 0.25) is 0 Å². The van der Waals surface area contributed by atoms with Crippen molar-refractivity contribution in [1.82, 2.24) is 19.7 Å². The Balaban J connectivity index is 1.99. The normalized spacial score (nSPS) is 11.4. The molecule has 2 aromatic heterocycles. The molecule has 40 heavy (non-hydrogen) atoms. The lowest BCUT2D eigenvalue weighted by Crippen LogP contribution is -2.38. The maximum Gasteiger partial charge on any atom is 0.428 e. The number of carbonyl (C=O) groups is 1. The number of rotatable bonds is 8. The Labute approximate surface area is 223 Å². The number of aromatic nitrogens is 4. The van der Waals surface area contributed by atoms with Crippen LogP contribution in [0.15, 0.2) is 53.7 Å². The predicted molar refractivity (Wildman–Crippen MR) is 132 cm³/mol. The first-order valence-electron chi connectivity index (χ1n) is 11.4. The highest BCUT2D eigenvalue weighted by Gasteiger charge is 2.38. The minimum absolute atomic E-state index is 0.0357. The maximum atomic E-state index is 16.2. The number of hydrogen-bond donors (Lipinski definition) is 1. The third-order valence-electron chi connectivity index (χ3n) is 5.40. The second-order valence-corrected chi connectivity index (χ2v) is 9.70. The van der Waals surface area contributed by atoms with Crippen LogP contribution >= 0.6 is 0 Å². The van der Waals surface area contributed by atoms with Crippen molar-refractivity contribution in [2.24, 2.45) is 0 Å². The van der Waals surface area contributed by atoms with Gasteiger partial charge in [-0.25, -0.2) is 45.1 Å². The number of hydrogen-bond acceptors (Lipinski definition) is 8. The molecule has 2 aromatic carbocycles. The van der Waals surface area contributed by atoms with Crippen LogP contribution in [-0.2, 0) is 21.3 Å². The molecule has 0 radical (unpaired) electrons. The van der Waals surface area contributed by atoms with E-state index in [1.165, 1.54) is 25.4 Å². The summed E-state index contributed by atoms with van der Waals surface area (Å²) in [5.74, 6) is -5.72. The quantitative estimate of drug-likeness (QED) is 0.301. The first-order chi connectivity index (χ1) is 19.0. The molecule has 2 heterocycles. The number of benzene rings is 2. The standard InChI is InChI=1S/C24H19F5N6O4S/c1-2-39-24(36)35(40(37,38)19-11-13(26)3-4-15(19)27)18-6-5-16(28)20(21(18)29)22-14(12-34(33-22)10-8-25)17-7-9-31-23(30)32-17/h3-7,9,11-12H,2,8,10H2,1H3,(H2,30,31,32). The van der Waals surface area contributed by atoms with Crippen LogP contribution in [0, 0.1) is 23.3 Å². The molecule has 1 amide bonds. The summed E-state index contributed by atoms with van der Waals surface area (Å²) in [6.07, 6.45) is 0.790. The number of nitrogens with zero attached hydrogens (tertiary/aromatic N) is 5. The van der Waals surface area contributed by atoms with E-state index in [9.17, 15) is 26.4 Å². The fourth-order valence-electron chi connectivity index (χ4n) is 3.72. The summed E-state index contributed by atoms with van der Waals surface area (Å²) in [6.45, 7) is -0.293. The maximum absolute atomic E-state index is 16.2. The van der Waals surface area contributed by atoms with Gasteiger partial charge in [-0.05, 0) is 43.3 Å². The number of aryl methyl sites for hydroxylation is 1. The Hall–Kier alpha value is -4.60. The minimum atomic E-state index is -5.37. The lowest BCUT2D eigenvalue weighted by molar-refractivity contribution is 0.164. The average Bonchev–Trinajstić information content (AvgIpc) is 3.30. The number of sulfonamides is 1. The molecule has 0 spiro atoms. The molecule has 10 nitrogen and oxygen atoms in total. The molecule has 0 fully saturated rings. The van der Waals surface area contributed by atoms with E-state index in [0.29, 0.717) is 24.3 Å². The molecular weight excluding hydrogens is 563 g/mol. The van der Waals surface area contributed by atoms with Crippen LogP contribution in [0.1, 0.15) is 6.92 Å². The van der Waals surface area contributed by atoms with Crippen molar-refractivity contribution in [3.05, 3.63) is 72.1 Å². The second kappa shape index (κ2) is 11.3. The van der Waals surface area contributed by atoms with E-state index in [1.807, 2.05) is 0 Å². The van der Waals surface area contributed by atoms with Gasteiger partial charge in [-0.2, -0.15) is 9.40 Å². The summed E-state index contributed by atoms with van der Waals surface area (Å²) in [4.78, 5) is 19.2. The number of nitrogen functional groups attached to an aromatic ring is 1. The molecule has 0 saturated carbocycles. The summed E-state index contributed by atoms with van der Waals surface area (Å²) in [6, 6.07) is 3.97. The topological polar surface area (TPSA) is 133 Å². The fraction of sp³-hybridized carbons (Fsp3) is 0.167. The average molecular weight is 583 g/mol. The number of carbonyl (C=O) groups excluding carboxylic acids is 1. The van der Waals surface area contributed by atoms with Gasteiger partial charge in [0.15, 0.2) is 5.82 Å². The zero-order valence-corrected chi connectivity index (χ0v) is 21.3. The molecule has 0 aliphatic carbocycles. The SMILES string of the molecule is CCOC(=O)N(c1ccc(F)c(-c2nn(CCF)cc2-c2ccnc(N)n2)c1F)S(=O)(=O)c1cc(F)ccc1F. The van der Waals surface area contributed by atoms with E-state index < -0.39 is 67.9 Å². The van der Waals surface area contributed by atoms with Gasteiger partial charge in [-0.3, -0.25) is 4.68 Å². The molecule has 0 saturated heterocycles. The van der Waals surface area contributed by atoms with Crippen molar-refractivity contribution < 1.29 is 39.9 Å². The van der Waals surface area contributed by atoms with Gasteiger partial charge in [-0.1, -0.05) is 0 Å². The zero-order chi connectivity index (χ0) is 29.2. The van der Waals surface area contributed by atoms with Crippen molar-refractivity contribution in [1.29, 1.82) is 0 Å². The Morgan fingerprint density at radius 1 is 1.10 bits per heavy atom. The van der Waals surface area contributed by atoms with Gasteiger partial charge in [0.2, 0.25) is 5.95 Å². The predicted octanol–water partition coefficient (Wildman–Crippen LogP) is 4.47. The van der Waals surface area contributed by atoms with E-state index in [0.717, 1.165) is 4.68 Å². The summed E-state index contributed by atoms with van der Waals surface area (Å²) in [5, 5.41) is 4.03. The zero-order valence-electron chi connectivity index (χ0n) is 20.5. The smallest absolute Gasteiger partial charge is 0.428 e. The van der Waals surface area contributed by atoms with Gasteiger partial charge in [0.25, 0.3) is 10.0 Å². The molecule has 210 valence electrons. The lowest BCUT2D eigenvalue weighted by atomic mass is 10.0. The van der Waals surface area contributed by atoms with Gasteiger partial charge in [-0.15, -0.1) is 0 Å². The summed E-state index contributed by atoms with van der Waals surface area (Å²) < 4.78 is 105. The number of anilines is 2. The summed E-state index contributed by atoms with van der Waals surface area (Å²) >= 11 is 0. The van der Waals surface area contributed by atoms with Crippen LogP contribution in [0.5, 0.6) is 0 Å². The minimum Gasteiger partial charge on any atom is -0.449 e. The third-order valence-corrected chi connectivity index (χ3v) is 7.09. The second-order valence-electron chi connectivity index (χ2n) is 7.94. The highest BCUT2D eigenvalue weighted by molar-refractivity contribution is 7.93. The Kier molecular flexibility index (Phi) is 7.99. The first-order valence-corrected chi connectivity index (χ1v) is 12.8. The number of ether oxygens (including phenoxy) is 1. The van der Waals surface area contributed by atoms with Gasteiger partial charge in [0.1, 0.15) is 40.4 Å². The van der Waals surface area contributed by atoms with Crippen LogP contribution in [0.25, 0.3) is 22.5 Å². The first kappa shape index (κ1) is 28.4. The summed E-state index contributed by atoms with van der Waals surface area (Å²) in [7, 11) is -5.37. The van der Waals surface area contributed by atoms with Crippen molar-refractivity contribution in [2.45, 2.75) is 18.4 Å². The third kappa shape index (κ3) is 5.29. The highest BCUT2D eigenvalue weighted by Crippen LogP contribution is 2.39. The Bertz CT molecular complexity index is 1700. The molecule has 16 heteroatoms. The Morgan fingerprint density at radius 2 is 1.82 bits per heavy atom. The molecule has 0 unspecified atom stereocenters. The number of halogens is 5.